The van der Waals surface area contributed by atoms with E-state index in [1.807, 2.05) is 39.8 Å². The van der Waals surface area contributed by atoms with Crippen molar-refractivity contribution in [1.82, 2.24) is 45.7 Å². The van der Waals surface area contributed by atoms with Crippen LogP contribution in [0.25, 0.3) is 0 Å². The van der Waals surface area contributed by atoms with Crippen LogP contribution in [0.15, 0.2) is 24.5 Å². The van der Waals surface area contributed by atoms with Gasteiger partial charge >= 0.3 is 6.09 Å². The van der Waals surface area contributed by atoms with Crippen LogP contribution in [0.2, 0.25) is 0 Å². The molecule has 3 aromatic rings. The fourth-order valence-electron chi connectivity index (χ4n) is 3.87. The van der Waals surface area contributed by atoms with Crippen molar-refractivity contribution < 1.29 is 19.1 Å². The van der Waals surface area contributed by atoms with Gasteiger partial charge in [-0.3, -0.25) is 19.3 Å². The standard InChI is InChI=1S/C26H35N9O4S/c1-17-8-9-18(11-27-17)12-28-22(36)20-16-35(33-30-20)10-6-5-7-21-31-32-24(40-21)23(37)29-13-19-14-34(15-19)25(38)39-26(2,3)4/h8-9,11,16,19H,5-7,10,12-15H2,1-4H3,(H,28,36)(H,29,37). The smallest absolute Gasteiger partial charge is 0.410 e. The van der Waals surface area contributed by atoms with Crippen LogP contribution in [-0.2, 0) is 24.2 Å². The number of hydrogen-bond acceptors (Lipinski definition) is 10. The van der Waals surface area contributed by atoms with Crippen molar-refractivity contribution in [3.63, 3.8) is 0 Å². The molecular weight excluding hydrogens is 534 g/mol. The third-order valence-corrected chi connectivity index (χ3v) is 7.03. The average Bonchev–Trinajstić information content (AvgIpc) is 3.54. The molecule has 0 bridgehead atoms. The molecule has 0 aromatic carbocycles. The van der Waals surface area contributed by atoms with E-state index in [9.17, 15) is 14.4 Å². The Morgan fingerprint density at radius 2 is 1.88 bits per heavy atom. The van der Waals surface area contributed by atoms with Crippen molar-refractivity contribution >= 4 is 29.2 Å². The van der Waals surface area contributed by atoms with Crippen molar-refractivity contribution in [3.8, 4) is 0 Å². The molecule has 40 heavy (non-hydrogen) atoms. The molecule has 13 nitrogen and oxygen atoms in total. The molecule has 4 heterocycles. The van der Waals surface area contributed by atoms with Crippen LogP contribution in [-0.4, -0.2) is 78.2 Å². The number of likely N-dealkylation sites (tertiary alicyclic amines) is 1. The number of carbonyl (C=O) groups excluding carboxylic acids is 3. The zero-order chi connectivity index (χ0) is 28.7. The molecule has 0 saturated carbocycles. The van der Waals surface area contributed by atoms with E-state index in [-0.39, 0.29) is 29.5 Å². The molecule has 3 amide bonds. The number of nitrogens with zero attached hydrogens (tertiary/aromatic N) is 7. The summed E-state index contributed by atoms with van der Waals surface area (Å²) in [7, 11) is 0. The fourth-order valence-corrected chi connectivity index (χ4v) is 4.67. The van der Waals surface area contributed by atoms with Crippen LogP contribution in [0.4, 0.5) is 4.79 Å². The van der Waals surface area contributed by atoms with Gasteiger partial charge in [-0.1, -0.05) is 22.6 Å². The number of ether oxygens (including phenoxy) is 1. The van der Waals surface area contributed by atoms with Gasteiger partial charge in [-0.2, -0.15) is 0 Å². The number of nitrogens with one attached hydrogen (secondary N) is 2. The maximum Gasteiger partial charge on any atom is 0.410 e. The first-order valence-electron chi connectivity index (χ1n) is 13.2. The average molecular weight is 570 g/mol. The predicted molar refractivity (Wildman–Crippen MR) is 147 cm³/mol. The molecule has 0 spiro atoms. The van der Waals surface area contributed by atoms with Gasteiger partial charge in [0.15, 0.2) is 5.69 Å². The summed E-state index contributed by atoms with van der Waals surface area (Å²) in [4.78, 5) is 42.7. The second-order valence-corrected chi connectivity index (χ2v) is 11.8. The van der Waals surface area contributed by atoms with Crippen LogP contribution in [0.1, 0.15) is 70.2 Å². The summed E-state index contributed by atoms with van der Waals surface area (Å²) in [5.41, 5.74) is 1.57. The number of rotatable bonds is 11. The second kappa shape index (κ2) is 12.9. The molecule has 3 aromatic heterocycles. The predicted octanol–water partition coefficient (Wildman–Crippen LogP) is 2.38. The van der Waals surface area contributed by atoms with Crippen LogP contribution < -0.4 is 10.6 Å². The minimum atomic E-state index is -0.523. The molecule has 4 rings (SSSR count). The van der Waals surface area contributed by atoms with Crippen molar-refractivity contribution in [3.05, 3.63) is 51.5 Å². The topological polar surface area (TPSA) is 157 Å². The molecule has 1 aliphatic rings. The van der Waals surface area contributed by atoms with Crippen molar-refractivity contribution in [2.45, 2.75) is 65.6 Å². The summed E-state index contributed by atoms with van der Waals surface area (Å²) in [5.74, 6) is -0.353. The van der Waals surface area contributed by atoms with Crippen LogP contribution in [0.3, 0.4) is 0 Å². The summed E-state index contributed by atoms with van der Waals surface area (Å²) >= 11 is 1.28. The number of aryl methyl sites for hydroxylation is 3. The molecule has 2 N–H and O–H groups in total. The first kappa shape index (κ1) is 29.1. The Bertz CT molecular complexity index is 1310. The van der Waals surface area contributed by atoms with E-state index in [4.69, 9.17) is 4.74 Å². The van der Waals surface area contributed by atoms with Gasteiger partial charge < -0.3 is 20.3 Å². The highest BCUT2D eigenvalue weighted by Gasteiger charge is 2.33. The Kier molecular flexibility index (Phi) is 9.40. The molecule has 0 radical (unpaired) electrons. The number of pyridine rings is 1. The van der Waals surface area contributed by atoms with Gasteiger partial charge in [0.2, 0.25) is 5.01 Å². The van der Waals surface area contributed by atoms with E-state index in [1.165, 1.54) is 11.3 Å². The fraction of sp³-hybridized carbons (Fsp3) is 0.538. The highest BCUT2D eigenvalue weighted by Crippen LogP contribution is 2.19. The van der Waals surface area contributed by atoms with E-state index in [0.29, 0.717) is 44.2 Å². The molecule has 0 atom stereocenters. The monoisotopic (exact) mass is 569 g/mol. The Balaban J connectivity index is 1.10. The summed E-state index contributed by atoms with van der Waals surface area (Å²) in [6.07, 6.45) is 5.34. The molecule has 1 saturated heterocycles. The van der Waals surface area contributed by atoms with E-state index in [1.54, 1.807) is 22.0 Å². The summed E-state index contributed by atoms with van der Waals surface area (Å²) < 4.78 is 6.99. The van der Waals surface area contributed by atoms with Gasteiger partial charge in [0.05, 0.1) is 6.20 Å². The van der Waals surface area contributed by atoms with Gasteiger partial charge in [0, 0.05) is 57.0 Å². The van der Waals surface area contributed by atoms with Crippen molar-refractivity contribution in [2.24, 2.45) is 5.92 Å². The number of hydrogen-bond donors (Lipinski definition) is 2. The SMILES string of the molecule is Cc1ccc(CNC(=O)c2cn(CCCCc3nnc(C(=O)NCC4CN(C(=O)OC(C)(C)C)C4)s3)nn2)cn1. The largest absolute Gasteiger partial charge is 0.444 e. The van der Waals surface area contributed by atoms with E-state index in [2.05, 4.69) is 36.1 Å². The highest BCUT2D eigenvalue weighted by atomic mass is 32.1. The highest BCUT2D eigenvalue weighted by molar-refractivity contribution is 7.13. The normalized spacial score (nSPS) is 13.6. The van der Waals surface area contributed by atoms with Gasteiger partial charge in [-0.25, -0.2) is 4.79 Å². The summed E-state index contributed by atoms with van der Waals surface area (Å²) in [5, 5.41) is 23.0. The van der Waals surface area contributed by atoms with Gasteiger partial charge in [0.1, 0.15) is 10.6 Å². The lowest BCUT2D eigenvalue weighted by Crippen LogP contribution is -2.54. The first-order chi connectivity index (χ1) is 19.1. The van der Waals surface area contributed by atoms with Crippen molar-refractivity contribution in [2.75, 3.05) is 19.6 Å². The van der Waals surface area contributed by atoms with Crippen LogP contribution >= 0.6 is 11.3 Å². The maximum absolute atomic E-state index is 12.5. The second-order valence-electron chi connectivity index (χ2n) is 10.8. The lowest BCUT2D eigenvalue weighted by atomic mass is 10.0. The van der Waals surface area contributed by atoms with Gasteiger partial charge in [-0.15, -0.1) is 15.3 Å². The zero-order valence-electron chi connectivity index (χ0n) is 23.2. The Labute approximate surface area is 236 Å². The molecule has 0 unspecified atom stereocenters. The molecule has 1 aliphatic heterocycles. The lowest BCUT2D eigenvalue weighted by Gasteiger charge is -2.39. The Morgan fingerprint density at radius 3 is 2.60 bits per heavy atom. The quantitative estimate of drug-likeness (QED) is 0.331. The third kappa shape index (κ3) is 8.53. The van der Waals surface area contributed by atoms with E-state index >= 15 is 0 Å². The van der Waals surface area contributed by atoms with E-state index in [0.717, 1.165) is 29.1 Å². The van der Waals surface area contributed by atoms with E-state index < -0.39 is 5.60 Å². The minimum Gasteiger partial charge on any atom is -0.444 e. The maximum atomic E-state index is 12.5. The molecular formula is C26H35N9O4S. The van der Waals surface area contributed by atoms with Crippen LogP contribution in [0, 0.1) is 12.8 Å². The molecule has 214 valence electrons. The lowest BCUT2D eigenvalue weighted by molar-refractivity contribution is -0.000544. The Morgan fingerprint density at radius 1 is 1.07 bits per heavy atom. The first-order valence-corrected chi connectivity index (χ1v) is 14.1. The number of carbonyl (C=O) groups is 3. The van der Waals surface area contributed by atoms with Crippen molar-refractivity contribution in [1.29, 1.82) is 0 Å². The number of amides is 3. The van der Waals surface area contributed by atoms with Gasteiger partial charge in [-0.05, 0) is 52.2 Å². The zero-order valence-corrected chi connectivity index (χ0v) is 24.0. The number of unbranched alkanes of at least 4 members (excludes halogenated alkanes) is 1. The Hall–Kier alpha value is -3.94. The van der Waals surface area contributed by atoms with Crippen LogP contribution in [0.5, 0.6) is 0 Å². The van der Waals surface area contributed by atoms with Gasteiger partial charge in [0.25, 0.3) is 11.8 Å². The summed E-state index contributed by atoms with van der Waals surface area (Å²) in [6, 6.07) is 3.82. The number of aromatic nitrogens is 6. The minimum absolute atomic E-state index is 0.192. The molecule has 0 aliphatic carbocycles. The molecule has 14 heteroatoms. The third-order valence-electron chi connectivity index (χ3n) is 6.05. The molecule has 1 fully saturated rings. The summed E-state index contributed by atoms with van der Waals surface area (Å²) in [6.45, 7) is 9.96.